The van der Waals surface area contributed by atoms with Crippen molar-refractivity contribution >= 4 is 0 Å². The Hall–Kier alpha value is -0.940. The number of methoxy groups -OCH3 is 1. The summed E-state index contributed by atoms with van der Waals surface area (Å²) in [7, 11) is 1.60. The van der Waals surface area contributed by atoms with Crippen LogP contribution in [-0.2, 0) is 20.8 Å². The van der Waals surface area contributed by atoms with E-state index in [9.17, 15) is 5.11 Å². The Labute approximate surface area is 107 Å². The molecule has 4 nitrogen and oxygen atoms in total. The number of aliphatic hydroxyl groups excluding tert-OH is 1. The third-order valence-electron chi connectivity index (χ3n) is 3.22. The van der Waals surface area contributed by atoms with Gasteiger partial charge in [-0.25, -0.2) is 0 Å². The molecular formula is C14H20O4. The van der Waals surface area contributed by atoms with Crippen LogP contribution in [0.5, 0.6) is 0 Å². The smallest absolute Gasteiger partial charge is 0.160 e. The zero-order valence-electron chi connectivity index (χ0n) is 10.8. The normalized spacial score (nSPS) is 32.4. The lowest BCUT2D eigenvalue weighted by molar-refractivity contribution is -0.247. The maximum atomic E-state index is 10.0. The molecule has 4 heteroatoms. The van der Waals surface area contributed by atoms with Crippen molar-refractivity contribution in [2.45, 2.75) is 44.6 Å². The summed E-state index contributed by atoms with van der Waals surface area (Å²) in [6.07, 6.45) is -0.887. The summed E-state index contributed by atoms with van der Waals surface area (Å²) in [5.74, 6) is 0. The molecule has 0 aliphatic carbocycles. The Morgan fingerprint density at radius 2 is 2.06 bits per heavy atom. The molecule has 0 radical (unpaired) electrons. The number of hydrogen-bond acceptors (Lipinski definition) is 4. The van der Waals surface area contributed by atoms with Crippen LogP contribution in [0.3, 0.4) is 0 Å². The lowest BCUT2D eigenvalue weighted by atomic mass is 10.0. The predicted octanol–water partition coefficient (Wildman–Crippen LogP) is 1.71. The molecule has 0 bridgehead atoms. The quantitative estimate of drug-likeness (QED) is 0.886. The van der Waals surface area contributed by atoms with Gasteiger partial charge in [-0.05, 0) is 12.5 Å². The molecule has 0 saturated carbocycles. The molecular weight excluding hydrogens is 232 g/mol. The van der Waals surface area contributed by atoms with Crippen LogP contribution >= 0.6 is 0 Å². The Kier molecular flexibility index (Phi) is 4.72. The first-order chi connectivity index (χ1) is 8.70. The minimum Gasteiger partial charge on any atom is -0.388 e. The lowest BCUT2D eigenvalue weighted by Crippen LogP contribution is -2.48. The fraction of sp³-hybridized carbons (Fsp3) is 0.571. The molecule has 0 unspecified atom stereocenters. The molecule has 1 aliphatic rings. The zero-order chi connectivity index (χ0) is 13.0. The fourth-order valence-corrected chi connectivity index (χ4v) is 2.10. The highest BCUT2D eigenvalue weighted by atomic mass is 16.7. The molecule has 100 valence electrons. The first kappa shape index (κ1) is 13.5. The second-order valence-corrected chi connectivity index (χ2v) is 4.57. The van der Waals surface area contributed by atoms with Gasteiger partial charge in [0.25, 0.3) is 0 Å². The van der Waals surface area contributed by atoms with Gasteiger partial charge in [-0.2, -0.15) is 0 Å². The molecule has 1 fully saturated rings. The molecule has 1 N–H and O–H groups in total. The van der Waals surface area contributed by atoms with Gasteiger partial charge in [0.1, 0.15) is 6.10 Å². The molecule has 1 heterocycles. The van der Waals surface area contributed by atoms with Gasteiger partial charge in [0.2, 0.25) is 0 Å². The minimum absolute atomic E-state index is 0.251. The topological polar surface area (TPSA) is 47.9 Å². The second-order valence-electron chi connectivity index (χ2n) is 4.57. The SMILES string of the molecule is CO[C@@H]1C[C@@H](OCc2ccccc2)[C@@H](O)[C@@H](C)O1. The number of aliphatic hydroxyl groups is 1. The standard InChI is InChI=1S/C14H20O4/c1-10-14(15)12(8-13(16-2)18-10)17-9-11-6-4-3-5-7-11/h3-7,10,12-15H,8-9H2,1-2H3/t10-,12-,13+,14+/m1/s1. The highest BCUT2D eigenvalue weighted by molar-refractivity contribution is 5.13. The van der Waals surface area contributed by atoms with E-state index in [0.29, 0.717) is 13.0 Å². The zero-order valence-corrected chi connectivity index (χ0v) is 10.8. The molecule has 0 spiro atoms. The summed E-state index contributed by atoms with van der Waals surface area (Å²) < 4.78 is 16.4. The number of benzene rings is 1. The van der Waals surface area contributed by atoms with Crippen molar-refractivity contribution in [2.24, 2.45) is 0 Å². The third-order valence-corrected chi connectivity index (χ3v) is 3.22. The average Bonchev–Trinajstić information content (AvgIpc) is 2.41. The minimum atomic E-state index is -0.611. The molecule has 0 amide bonds. The Balaban J connectivity index is 1.91. The van der Waals surface area contributed by atoms with Crippen molar-refractivity contribution in [1.29, 1.82) is 0 Å². The molecule has 4 atom stereocenters. The average molecular weight is 252 g/mol. The summed E-state index contributed by atoms with van der Waals surface area (Å²) in [6.45, 7) is 2.32. The molecule has 1 aromatic rings. The van der Waals surface area contributed by atoms with Crippen LogP contribution in [0.1, 0.15) is 18.9 Å². The molecule has 1 aromatic carbocycles. The first-order valence-electron chi connectivity index (χ1n) is 6.22. The van der Waals surface area contributed by atoms with Crippen LogP contribution < -0.4 is 0 Å². The van der Waals surface area contributed by atoms with E-state index in [4.69, 9.17) is 14.2 Å². The predicted molar refractivity (Wildman–Crippen MR) is 67.0 cm³/mol. The maximum Gasteiger partial charge on any atom is 0.160 e. The lowest BCUT2D eigenvalue weighted by Gasteiger charge is -2.37. The van der Waals surface area contributed by atoms with Crippen LogP contribution in [-0.4, -0.2) is 36.8 Å². The van der Waals surface area contributed by atoms with E-state index in [-0.39, 0.29) is 18.5 Å². The summed E-state index contributed by atoms with van der Waals surface area (Å²) >= 11 is 0. The van der Waals surface area contributed by atoms with E-state index >= 15 is 0 Å². The first-order valence-corrected chi connectivity index (χ1v) is 6.22. The summed E-state index contributed by atoms with van der Waals surface area (Å²) in [6, 6.07) is 9.92. The highest BCUT2D eigenvalue weighted by Crippen LogP contribution is 2.23. The van der Waals surface area contributed by atoms with Gasteiger partial charge in [-0.3, -0.25) is 0 Å². The summed E-state index contributed by atoms with van der Waals surface area (Å²) in [4.78, 5) is 0. The van der Waals surface area contributed by atoms with Crippen LogP contribution in [0, 0.1) is 0 Å². The highest BCUT2D eigenvalue weighted by Gasteiger charge is 2.35. The van der Waals surface area contributed by atoms with Crippen LogP contribution in [0.15, 0.2) is 30.3 Å². The van der Waals surface area contributed by atoms with Gasteiger partial charge >= 0.3 is 0 Å². The number of hydrogen-bond donors (Lipinski definition) is 1. The van der Waals surface area contributed by atoms with Gasteiger partial charge in [0.05, 0.1) is 18.8 Å². The van der Waals surface area contributed by atoms with E-state index in [2.05, 4.69) is 0 Å². The van der Waals surface area contributed by atoms with Gasteiger partial charge in [-0.1, -0.05) is 30.3 Å². The van der Waals surface area contributed by atoms with Crippen molar-refractivity contribution in [3.63, 3.8) is 0 Å². The van der Waals surface area contributed by atoms with Crippen LogP contribution in [0.4, 0.5) is 0 Å². The van der Waals surface area contributed by atoms with E-state index in [1.807, 2.05) is 37.3 Å². The molecule has 0 aromatic heterocycles. The molecule has 1 saturated heterocycles. The van der Waals surface area contributed by atoms with E-state index in [1.165, 1.54) is 0 Å². The maximum absolute atomic E-state index is 10.0. The van der Waals surface area contributed by atoms with Crippen molar-refractivity contribution in [1.82, 2.24) is 0 Å². The van der Waals surface area contributed by atoms with Crippen LogP contribution in [0.25, 0.3) is 0 Å². The monoisotopic (exact) mass is 252 g/mol. The summed E-state index contributed by atoms with van der Waals surface area (Å²) in [5.41, 5.74) is 1.10. The third kappa shape index (κ3) is 3.29. The van der Waals surface area contributed by atoms with E-state index in [1.54, 1.807) is 7.11 Å². The Morgan fingerprint density at radius 1 is 1.33 bits per heavy atom. The summed E-state index contributed by atoms with van der Waals surface area (Å²) in [5, 5.41) is 10.0. The number of ether oxygens (including phenoxy) is 3. The molecule has 1 aliphatic heterocycles. The number of rotatable bonds is 4. The van der Waals surface area contributed by atoms with E-state index < -0.39 is 6.10 Å². The van der Waals surface area contributed by atoms with E-state index in [0.717, 1.165) is 5.56 Å². The van der Waals surface area contributed by atoms with Crippen LogP contribution in [0.2, 0.25) is 0 Å². The Bertz CT molecular complexity index is 354. The molecule has 18 heavy (non-hydrogen) atoms. The van der Waals surface area contributed by atoms with Gasteiger partial charge < -0.3 is 19.3 Å². The van der Waals surface area contributed by atoms with Crippen molar-refractivity contribution < 1.29 is 19.3 Å². The van der Waals surface area contributed by atoms with Crippen molar-refractivity contribution in [2.75, 3.05) is 7.11 Å². The Morgan fingerprint density at radius 3 is 2.72 bits per heavy atom. The van der Waals surface area contributed by atoms with Crippen molar-refractivity contribution in [3.8, 4) is 0 Å². The van der Waals surface area contributed by atoms with Crippen molar-refractivity contribution in [3.05, 3.63) is 35.9 Å². The van der Waals surface area contributed by atoms with Gasteiger partial charge in [-0.15, -0.1) is 0 Å². The van der Waals surface area contributed by atoms with Gasteiger partial charge in [0, 0.05) is 13.5 Å². The van der Waals surface area contributed by atoms with Gasteiger partial charge in [0.15, 0.2) is 6.29 Å². The second kappa shape index (κ2) is 6.29. The largest absolute Gasteiger partial charge is 0.388 e. The molecule has 2 rings (SSSR count). The fourth-order valence-electron chi connectivity index (χ4n) is 2.10.